The van der Waals surface area contributed by atoms with E-state index in [1.54, 1.807) is 0 Å². The fourth-order valence-corrected chi connectivity index (χ4v) is 9.16. The third-order valence-corrected chi connectivity index (χ3v) is 11.7. The van der Waals surface area contributed by atoms with Gasteiger partial charge in [-0.15, -0.1) is 0 Å². The van der Waals surface area contributed by atoms with E-state index in [1.165, 1.54) is 43.4 Å². The van der Waals surface area contributed by atoms with E-state index < -0.39 is 0 Å². The summed E-state index contributed by atoms with van der Waals surface area (Å²) in [7, 11) is 0. The summed E-state index contributed by atoms with van der Waals surface area (Å²) in [6.45, 7) is 0. The molecule has 2 aromatic heterocycles. The highest BCUT2D eigenvalue weighted by Gasteiger charge is 2.26. The Balaban J connectivity index is 1.14. The zero-order valence-corrected chi connectivity index (χ0v) is 31.4. The molecule has 1 aliphatic heterocycles. The number of benzene rings is 9. The van der Waals surface area contributed by atoms with Crippen LogP contribution in [0.3, 0.4) is 0 Å². The lowest BCUT2D eigenvalue weighted by atomic mass is 10.0. The summed E-state index contributed by atoms with van der Waals surface area (Å²) >= 11 is 0. The highest BCUT2D eigenvalue weighted by molar-refractivity contribution is 6.21. The molecule has 9 aromatic carbocycles. The Morgan fingerprint density at radius 1 is 0.397 bits per heavy atom. The van der Waals surface area contributed by atoms with Crippen molar-refractivity contribution in [1.29, 1.82) is 0 Å². The van der Waals surface area contributed by atoms with Crippen LogP contribution in [-0.2, 0) is 0 Å². The van der Waals surface area contributed by atoms with E-state index in [0.29, 0.717) is 5.84 Å². The molecular formula is C53H35N5. The lowest BCUT2D eigenvalue weighted by Gasteiger charge is -2.25. The molecule has 5 nitrogen and oxygen atoms in total. The number of para-hydroxylation sites is 3. The van der Waals surface area contributed by atoms with Gasteiger partial charge in [0, 0.05) is 32.7 Å². The molecule has 5 heteroatoms. The minimum atomic E-state index is -0.334. The van der Waals surface area contributed by atoms with E-state index >= 15 is 0 Å². The molecule has 1 aliphatic rings. The van der Waals surface area contributed by atoms with Crippen molar-refractivity contribution in [3.8, 4) is 11.4 Å². The maximum atomic E-state index is 5.39. The summed E-state index contributed by atoms with van der Waals surface area (Å²) in [5, 5.41) is 13.3. The Labute approximate surface area is 334 Å². The fraction of sp³-hybridized carbons (Fsp3) is 0.0189. The number of nitrogens with zero attached hydrogens (tertiary/aromatic N) is 4. The summed E-state index contributed by atoms with van der Waals surface area (Å²) in [6, 6.07) is 71.6. The number of fused-ring (bicyclic) bond motifs is 8. The lowest BCUT2D eigenvalue weighted by Crippen LogP contribution is -2.34. The van der Waals surface area contributed by atoms with Gasteiger partial charge in [0.1, 0.15) is 12.0 Å². The molecule has 1 N–H and O–H groups in total. The van der Waals surface area contributed by atoms with Crippen molar-refractivity contribution in [1.82, 2.24) is 14.5 Å². The summed E-state index contributed by atoms with van der Waals surface area (Å²) in [5.41, 5.74) is 9.88. The standard InChI is InChI=1S/C53H35N5/c1-2-17-35(18-3-1)51-54-52(41-26-14-21-34-16-6-7-22-38(34)41)56-53(55-51)42-25-10-13-29-46(42)58-48-31-15-30-47(50(48)43-32-36-19-4-5-20-37(36)33-49(43)58)57-44-27-11-8-23-39(44)40-24-9-12-28-45(40)57/h1-33,51H,(H,54,55,56). The van der Waals surface area contributed by atoms with Gasteiger partial charge in [0.15, 0.2) is 5.84 Å². The van der Waals surface area contributed by atoms with Crippen LogP contribution in [0.5, 0.6) is 0 Å². The highest BCUT2D eigenvalue weighted by atomic mass is 15.2. The van der Waals surface area contributed by atoms with Crippen LogP contribution in [0.1, 0.15) is 22.9 Å². The minimum absolute atomic E-state index is 0.334. The second-order valence-electron chi connectivity index (χ2n) is 15.0. The van der Waals surface area contributed by atoms with Crippen LogP contribution in [-0.4, -0.2) is 20.8 Å². The molecule has 3 heterocycles. The topological polar surface area (TPSA) is 46.6 Å². The van der Waals surface area contributed by atoms with E-state index in [1.807, 2.05) is 6.07 Å². The average molecular weight is 742 g/mol. The maximum Gasteiger partial charge on any atom is 0.160 e. The molecule has 11 aromatic rings. The van der Waals surface area contributed by atoms with Crippen molar-refractivity contribution < 1.29 is 0 Å². The molecule has 1 atom stereocenters. The Morgan fingerprint density at radius 2 is 0.948 bits per heavy atom. The van der Waals surface area contributed by atoms with Crippen LogP contribution in [0.2, 0.25) is 0 Å². The SMILES string of the molecule is c1ccc(C2N=C(c3cccc4ccccc34)N=C(c3ccccc3-n3c4cc5ccccc5cc4c4c(-n5c6ccccc6c6ccccc65)cccc43)N2)cc1. The van der Waals surface area contributed by atoms with Gasteiger partial charge in [0.25, 0.3) is 0 Å². The first-order valence-electron chi connectivity index (χ1n) is 19.8. The molecule has 0 bridgehead atoms. The van der Waals surface area contributed by atoms with Crippen molar-refractivity contribution in [2.75, 3.05) is 0 Å². The molecule has 0 spiro atoms. The second kappa shape index (κ2) is 12.9. The number of amidine groups is 2. The van der Waals surface area contributed by atoms with Gasteiger partial charge in [0.2, 0.25) is 0 Å². The molecule has 0 amide bonds. The van der Waals surface area contributed by atoms with Gasteiger partial charge in [-0.3, -0.25) is 0 Å². The van der Waals surface area contributed by atoms with Crippen molar-refractivity contribution in [3.63, 3.8) is 0 Å². The normalized spacial score (nSPS) is 14.4. The lowest BCUT2D eigenvalue weighted by molar-refractivity contribution is 0.674. The first kappa shape index (κ1) is 32.5. The molecule has 0 saturated heterocycles. The van der Waals surface area contributed by atoms with Gasteiger partial charge in [-0.1, -0.05) is 152 Å². The van der Waals surface area contributed by atoms with Gasteiger partial charge in [-0.2, -0.15) is 0 Å². The van der Waals surface area contributed by atoms with Crippen LogP contribution >= 0.6 is 0 Å². The van der Waals surface area contributed by atoms with Crippen molar-refractivity contribution >= 4 is 76.8 Å². The number of aromatic nitrogens is 2. The largest absolute Gasteiger partial charge is 0.344 e. The van der Waals surface area contributed by atoms with Crippen LogP contribution < -0.4 is 5.32 Å². The Hall–Kier alpha value is -7.76. The first-order valence-corrected chi connectivity index (χ1v) is 19.8. The molecule has 0 radical (unpaired) electrons. The van der Waals surface area contributed by atoms with Gasteiger partial charge < -0.3 is 14.5 Å². The van der Waals surface area contributed by atoms with Crippen molar-refractivity contribution in [2.45, 2.75) is 6.17 Å². The van der Waals surface area contributed by atoms with E-state index in [9.17, 15) is 0 Å². The van der Waals surface area contributed by atoms with E-state index in [2.05, 4.69) is 209 Å². The predicted octanol–water partition coefficient (Wildman–Crippen LogP) is 12.7. The first-order chi connectivity index (χ1) is 28.8. The number of hydrogen-bond acceptors (Lipinski definition) is 3. The number of aliphatic imine (C=N–C) groups is 2. The summed E-state index contributed by atoms with van der Waals surface area (Å²) < 4.78 is 4.89. The van der Waals surface area contributed by atoms with Gasteiger partial charge >= 0.3 is 0 Å². The van der Waals surface area contributed by atoms with E-state index in [-0.39, 0.29) is 6.17 Å². The Bertz CT molecular complexity index is 3440. The highest BCUT2D eigenvalue weighted by Crippen LogP contribution is 2.42. The van der Waals surface area contributed by atoms with Crippen LogP contribution in [0, 0.1) is 0 Å². The van der Waals surface area contributed by atoms with Crippen molar-refractivity contribution in [3.05, 3.63) is 217 Å². The van der Waals surface area contributed by atoms with Crippen LogP contribution in [0.25, 0.3) is 76.5 Å². The fourth-order valence-electron chi connectivity index (χ4n) is 9.16. The zero-order chi connectivity index (χ0) is 38.2. The molecule has 0 aliphatic carbocycles. The van der Waals surface area contributed by atoms with Gasteiger partial charge in [-0.05, 0) is 75.6 Å². The molecule has 0 saturated carbocycles. The monoisotopic (exact) mass is 741 g/mol. The molecule has 1 unspecified atom stereocenters. The van der Waals surface area contributed by atoms with Gasteiger partial charge in [0.05, 0.1) is 33.4 Å². The van der Waals surface area contributed by atoms with Crippen LogP contribution in [0.4, 0.5) is 0 Å². The quantitative estimate of drug-likeness (QED) is 0.188. The third-order valence-electron chi connectivity index (χ3n) is 11.7. The minimum Gasteiger partial charge on any atom is -0.344 e. The second-order valence-corrected chi connectivity index (χ2v) is 15.0. The zero-order valence-electron chi connectivity index (χ0n) is 31.4. The number of hydrogen-bond donors (Lipinski definition) is 1. The van der Waals surface area contributed by atoms with Gasteiger partial charge in [-0.25, -0.2) is 9.98 Å². The smallest absolute Gasteiger partial charge is 0.160 e. The maximum absolute atomic E-state index is 5.39. The molecule has 272 valence electrons. The van der Waals surface area contributed by atoms with Crippen molar-refractivity contribution in [2.24, 2.45) is 9.98 Å². The molecule has 58 heavy (non-hydrogen) atoms. The molecule has 0 fully saturated rings. The molecular weight excluding hydrogens is 707 g/mol. The Morgan fingerprint density at radius 3 is 1.74 bits per heavy atom. The summed E-state index contributed by atoms with van der Waals surface area (Å²) in [4.78, 5) is 10.7. The summed E-state index contributed by atoms with van der Waals surface area (Å²) in [5.74, 6) is 1.48. The Kier molecular flexibility index (Phi) is 7.23. The summed E-state index contributed by atoms with van der Waals surface area (Å²) in [6.07, 6.45) is -0.334. The number of nitrogens with one attached hydrogen (secondary N) is 1. The average Bonchev–Trinajstić information content (AvgIpc) is 3.80. The third kappa shape index (κ3) is 4.97. The van der Waals surface area contributed by atoms with E-state index in [4.69, 9.17) is 9.98 Å². The molecule has 12 rings (SSSR count). The van der Waals surface area contributed by atoms with Crippen LogP contribution in [0.15, 0.2) is 210 Å². The van der Waals surface area contributed by atoms with E-state index in [0.717, 1.165) is 55.7 Å². The number of rotatable bonds is 5. The predicted molar refractivity (Wildman–Crippen MR) is 242 cm³/mol.